The van der Waals surface area contributed by atoms with Crippen LogP contribution in [0.4, 0.5) is 5.95 Å². The van der Waals surface area contributed by atoms with Crippen molar-refractivity contribution in [1.82, 2.24) is 14.8 Å². The van der Waals surface area contributed by atoms with Gasteiger partial charge < -0.3 is 15.8 Å². The number of nitrogens with one attached hydrogen (secondary N) is 1. The van der Waals surface area contributed by atoms with Crippen LogP contribution in [0.15, 0.2) is 66.5 Å². The van der Waals surface area contributed by atoms with Crippen LogP contribution < -0.4 is 15.8 Å². The maximum Gasteiger partial charge on any atom is 0.228 e. The highest BCUT2D eigenvalue weighted by molar-refractivity contribution is 5.65. The number of nitrogens with two attached hydrogens (primary N) is 1. The van der Waals surface area contributed by atoms with Gasteiger partial charge in [-0.05, 0) is 23.3 Å². The van der Waals surface area contributed by atoms with E-state index in [9.17, 15) is 5.26 Å². The molecule has 1 aliphatic heterocycles. The molecule has 1 atom stereocenters. The Morgan fingerprint density at radius 3 is 2.85 bits per heavy atom. The average Bonchev–Trinajstić information content (AvgIpc) is 3.16. The van der Waals surface area contributed by atoms with Crippen molar-refractivity contribution in [2.45, 2.75) is 12.6 Å². The van der Waals surface area contributed by atoms with E-state index in [1.165, 1.54) is 11.0 Å². The lowest BCUT2D eigenvalue weighted by atomic mass is 9.98. The molecule has 0 aliphatic carbocycles. The molecule has 7 heteroatoms. The van der Waals surface area contributed by atoms with Crippen LogP contribution >= 0.6 is 0 Å². The first-order chi connectivity index (χ1) is 12.8. The Morgan fingerprint density at radius 2 is 2.04 bits per heavy atom. The minimum absolute atomic E-state index is 0.277. The Kier molecular flexibility index (Phi) is 4.00. The zero-order valence-electron chi connectivity index (χ0n) is 13.8. The topological polar surface area (TPSA) is 102 Å². The van der Waals surface area contributed by atoms with Crippen LogP contribution in [0.1, 0.15) is 17.2 Å². The summed E-state index contributed by atoms with van der Waals surface area (Å²) in [7, 11) is 0. The zero-order valence-corrected chi connectivity index (χ0v) is 13.8. The molecule has 1 aliphatic rings. The first-order valence-electron chi connectivity index (χ1n) is 8.09. The van der Waals surface area contributed by atoms with Crippen LogP contribution in [0.2, 0.25) is 0 Å². The van der Waals surface area contributed by atoms with E-state index in [-0.39, 0.29) is 5.82 Å². The number of ether oxygens (including phenoxy) is 1. The first-order valence-corrected chi connectivity index (χ1v) is 8.09. The molecule has 128 valence electrons. The summed E-state index contributed by atoms with van der Waals surface area (Å²) in [5.74, 6) is 1.50. The Labute approximate surface area is 150 Å². The van der Waals surface area contributed by atoms with Crippen LogP contribution in [0, 0.1) is 11.3 Å². The lowest BCUT2D eigenvalue weighted by Gasteiger charge is -2.25. The van der Waals surface area contributed by atoms with Crippen molar-refractivity contribution in [3.05, 3.63) is 77.6 Å². The number of hydrogen-bond donors (Lipinski definition) is 2. The van der Waals surface area contributed by atoms with Gasteiger partial charge in [-0.3, -0.25) is 0 Å². The largest absolute Gasteiger partial charge is 0.489 e. The maximum atomic E-state index is 9.56. The molecule has 2 aromatic carbocycles. The van der Waals surface area contributed by atoms with Crippen LogP contribution in [0.3, 0.4) is 0 Å². The molecule has 26 heavy (non-hydrogen) atoms. The molecule has 0 bridgehead atoms. The van der Waals surface area contributed by atoms with Crippen molar-refractivity contribution < 1.29 is 4.74 Å². The van der Waals surface area contributed by atoms with Crippen LogP contribution in [-0.4, -0.2) is 14.8 Å². The first kappa shape index (κ1) is 15.7. The molecule has 0 fully saturated rings. The van der Waals surface area contributed by atoms with Crippen molar-refractivity contribution in [2.75, 3.05) is 5.32 Å². The smallest absolute Gasteiger partial charge is 0.228 e. The van der Waals surface area contributed by atoms with Crippen molar-refractivity contribution in [1.29, 1.82) is 5.26 Å². The van der Waals surface area contributed by atoms with Gasteiger partial charge in [-0.25, -0.2) is 0 Å². The third-order valence-corrected chi connectivity index (χ3v) is 4.17. The van der Waals surface area contributed by atoms with Gasteiger partial charge in [0.1, 0.15) is 30.6 Å². The van der Waals surface area contributed by atoms with E-state index < -0.39 is 6.04 Å². The number of nitrogens with zero attached hydrogens (tertiary/aromatic N) is 4. The predicted molar refractivity (Wildman–Crippen MR) is 96.6 cm³/mol. The minimum atomic E-state index is -0.406. The SMILES string of the molecule is N#CC1=C(N)n2ncnc2N[C@@H]1c1cccc(OCc2ccccc2)c1. The summed E-state index contributed by atoms with van der Waals surface area (Å²) in [6, 6.07) is 19.3. The molecule has 0 radical (unpaired) electrons. The average molecular weight is 344 g/mol. The summed E-state index contributed by atoms with van der Waals surface area (Å²) in [4.78, 5) is 4.14. The highest BCUT2D eigenvalue weighted by Crippen LogP contribution is 2.33. The number of hydrogen-bond acceptors (Lipinski definition) is 6. The van der Waals surface area contributed by atoms with Gasteiger partial charge in [-0.1, -0.05) is 42.5 Å². The molecule has 7 nitrogen and oxygen atoms in total. The quantitative estimate of drug-likeness (QED) is 0.754. The van der Waals surface area contributed by atoms with Gasteiger partial charge in [0.2, 0.25) is 5.95 Å². The molecule has 3 aromatic rings. The van der Waals surface area contributed by atoms with Gasteiger partial charge in [-0.2, -0.15) is 20.0 Å². The molecule has 0 amide bonds. The normalized spacial score (nSPS) is 15.7. The standard InChI is InChI=1S/C19H16N6O/c20-10-16-17(24-19-22-12-23-25(19)18(16)21)14-7-4-8-15(9-14)26-11-13-5-2-1-3-6-13/h1-9,12,17H,11,21H2,(H,22,23,24)/t17-/m1/s1. The second-order valence-corrected chi connectivity index (χ2v) is 5.83. The van der Waals surface area contributed by atoms with E-state index >= 15 is 0 Å². The van der Waals surface area contributed by atoms with Gasteiger partial charge >= 0.3 is 0 Å². The van der Waals surface area contributed by atoms with Gasteiger partial charge in [0, 0.05) is 0 Å². The van der Waals surface area contributed by atoms with Crippen LogP contribution in [0.25, 0.3) is 5.82 Å². The predicted octanol–water partition coefficient (Wildman–Crippen LogP) is 2.67. The highest BCUT2D eigenvalue weighted by atomic mass is 16.5. The van der Waals surface area contributed by atoms with E-state index in [1.807, 2.05) is 54.6 Å². The van der Waals surface area contributed by atoms with Crippen molar-refractivity contribution in [2.24, 2.45) is 5.73 Å². The molecule has 2 heterocycles. The summed E-state index contributed by atoms with van der Waals surface area (Å²) in [6.07, 6.45) is 1.39. The third-order valence-electron chi connectivity index (χ3n) is 4.17. The van der Waals surface area contributed by atoms with Crippen LogP contribution in [0.5, 0.6) is 5.75 Å². The van der Waals surface area contributed by atoms with E-state index in [0.717, 1.165) is 16.9 Å². The number of rotatable bonds is 4. The van der Waals surface area contributed by atoms with E-state index in [1.54, 1.807) is 0 Å². The second-order valence-electron chi connectivity index (χ2n) is 5.83. The number of fused-ring (bicyclic) bond motifs is 1. The van der Waals surface area contributed by atoms with E-state index in [0.29, 0.717) is 18.1 Å². The Balaban J connectivity index is 1.60. The van der Waals surface area contributed by atoms with Crippen molar-refractivity contribution in [3.8, 4) is 11.8 Å². The lowest BCUT2D eigenvalue weighted by molar-refractivity contribution is 0.306. The minimum Gasteiger partial charge on any atom is -0.489 e. The monoisotopic (exact) mass is 344 g/mol. The van der Waals surface area contributed by atoms with E-state index in [2.05, 4.69) is 21.5 Å². The van der Waals surface area contributed by atoms with Gasteiger partial charge in [0.25, 0.3) is 0 Å². The molecule has 0 saturated carbocycles. The summed E-state index contributed by atoms with van der Waals surface area (Å²) in [5, 5.41) is 16.8. The molecular formula is C19H16N6O. The third kappa shape index (κ3) is 2.84. The summed E-state index contributed by atoms with van der Waals surface area (Å²) in [5.41, 5.74) is 8.44. The molecule has 0 unspecified atom stereocenters. The molecule has 1 aromatic heterocycles. The maximum absolute atomic E-state index is 9.56. The van der Waals surface area contributed by atoms with Gasteiger partial charge in [-0.15, -0.1) is 0 Å². The molecule has 3 N–H and O–H groups in total. The van der Waals surface area contributed by atoms with Crippen molar-refractivity contribution >= 4 is 11.8 Å². The van der Waals surface area contributed by atoms with Gasteiger partial charge in [0.05, 0.1) is 11.6 Å². The zero-order chi connectivity index (χ0) is 17.9. The Bertz CT molecular complexity index is 1000. The van der Waals surface area contributed by atoms with Gasteiger partial charge in [0.15, 0.2) is 0 Å². The number of anilines is 1. The fourth-order valence-corrected chi connectivity index (χ4v) is 2.88. The number of benzene rings is 2. The second kappa shape index (κ2) is 6.61. The fourth-order valence-electron chi connectivity index (χ4n) is 2.88. The Morgan fingerprint density at radius 1 is 1.19 bits per heavy atom. The van der Waals surface area contributed by atoms with Crippen LogP contribution in [-0.2, 0) is 6.61 Å². The molecule has 0 spiro atoms. The Hall–Kier alpha value is -3.79. The number of aromatic nitrogens is 3. The lowest BCUT2D eigenvalue weighted by Crippen LogP contribution is -2.27. The fraction of sp³-hybridized carbons (Fsp3) is 0.105. The summed E-state index contributed by atoms with van der Waals surface area (Å²) >= 11 is 0. The molecule has 0 saturated heterocycles. The number of nitriles is 1. The summed E-state index contributed by atoms with van der Waals surface area (Å²) in [6.45, 7) is 0.472. The molecule has 4 rings (SSSR count). The summed E-state index contributed by atoms with van der Waals surface area (Å²) < 4.78 is 7.30. The highest BCUT2D eigenvalue weighted by Gasteiger charge is 2.28. The van der Waals surface area contributed by atoms with E-state index in [4.69, 9.17) is 10.5 Å². The van der Waals surface area contributed by atoms with Crippen molar-refractivity contribution in [3.63, 3.8) is 0 Å². The molecular weight excluding hydrogens is 328 g/mol.